The number of rotatable bonds is 8. The van der Waals surface area contributed by atoms with Crippen LogP contribution in [0.1, 0.15) is 30.3 Å². The molecule has 0 fully saturated rings. The number of ether oxygens (including phenoxy) is 2. The normalized spacial score (nSPS) is 11.2. The van der Waals surface area contributed by atoms with Crippen molar-refractivity contribution in [2.75, 3.05) is 13.7 Å². The maximum absolute atomic E-state index is 9.69. The fourth-order valence-electron chi connectivity index (χ4n) is 2.68. The van der Waals surface area contributed by atoms with E-state index in [0.717, 1.165) is 34.1 Å². The van der Waals surface area contributed by atoms with E-state index in [9.17, 15) is 5.26 Å². The van der Waals surface area contributed by atoms with E-state index in [0.29, 0.717) is 28.7 Å². The lowest BCUT2D eigenvalue weighted by Crippen LogP contribution is -1.99. The summed E-state index contributed by atoms with van der Waals surface area (Å²) in [7, 11) is 1.62. The van der Waals surface area contributed by atoms with Gasteiger partial charge in [-0.05, 0) is 42.3 Å². The van der Waals surface area contributed by atoms with E-state index in [1.807, 2.05) is 53.9 Å². The summed E-state index contributed by atoms with van der Waals surface area (Å²) in [6.07, 6.45) is 3.87. The summed E-state index contributed by atoms with van der Waals surface area (Å²) in [5.41, 5.74) is 3.26. The quantitative estimate of drug-likeness (QED) is 0.268. The summed E-state index contributed by atoms with van der Waals surface area (Å²) in [4.78, 5) is 4.65. The van der Waals surface area contributed by atoms with Gasteiger partial charge in [-0.3, -0.25) is 0 Å². The standard InChI is InChI=1S/C23H21BrN2O2S/c1-3-4-11-28-22-13-16(5-10-21(22)27-2)12-18(14-25)23-26-20(15-29-23)17-6-8-19(24)9-7-17/h5-10,12-13,15H,3-4,11H2,1-2H3/b18-12+. The topological polar surface area (TPSA) is 55.1 Å². The zero-order chi connectivity index (χ0) is 20.6. The monoisotopic (exact) mass is 468 g/mol. The zero-order valence-corrected chi connectivity index (χ0v) is 18.7. The minimum atomic E-state index is 0.517. The van der Waals surface area contributed by atoms with Crippen LogP contribution < -0.4 is 9.47 Å². The molecule has 3 aromatic rings. The van der Waals surface area contributed by atoms with Gasteiger partial charge in [0, 0.05) is 15.4 Å². The fourth-order valence-corrected chi connectivity index (χ4v) is 3.74. The first-order chi connectivity index (χ1) is 14.1. The predicted molar refractivity (Wildman–Crippen MR) is 122 cm³/mol. The lowest BCUT2D eigenvalue weighted by Gasteiger charge is -2.11. The Morgan fingerprint density at radius 1 is 1.21 bits per heavy atom. The number of halogens is 1. The van der Waals surface area contributed by atoms with Crippen molar-refractivity contribution in [2.24, 2.45) is 0 Å². The maximum atomic E-state index is 9.69. The molecule has 0 N–H and O–H groups in total. The molecule has 4 nitrogen and oxygen atoms in total. The van der Waals surface area contributed by atoms with Crippen LogP contribution in [0.15, 0.2) is 52.3 Å². The molecular formula is C23H21BrN2O2S. The molecule has 0 radical (unpaired) electrons. The molecule has 29 heavy (non-hydrogen) atoms. The van der Waals surface area contributed by atoms with Crippen molar-refractivity contribution in [3.8, 4) is 28.8 Å². The van der Waals surface area contributed by atoms with Gasteiger partial charge in [0.15, 0.2) is 11.5 Å². The van der Waals surface area contributed by atoms with Gasteiger partial charge in [-0.2, -0.15) is 5.26 Å². The van der Waals surface area contributed by atoms with Gasteiger partial charge in [-0.25, -0.2) is 4.98 Å². The van der Waals surface area contributed by atoms with Crippen LogP contribution in [0, 0.1) is 11.3 Å². The highest BCUT2D eigenvalue weighted by molar-refractivity contribution is 9.10. The number of unbranched alkanes of at least 4 members (excludes halogenated alkanes) is 1. The van der Waals surface area contributed by atoms with Crippen LogP contribution in [0.5, 0.6) is 11.5 Å². The maximum Gasteiger partial charge on any atom is 0.161 e. The number of nitriles is 1. The molecule has 3 rings (SSSR count). The van der Waals surface area contributed by atoms with Crippen LogP contribution in [0.25, 0.3) is 22.9 Å². The van der Waals surface area contributed by atoms with E-state index in [-0.39, 0.29) is 0 Å². The molecule has 0 amide bonds. The minimum Gasteiger partial charge on any atom is -0.493 e. The summed E-state index contributed by atoms with van der Waals surface area (Å²) < 4.78 is 12.3. The second-order valence-electron chi connectivity index (χ2n) is 6.33. The van der Waals surface area contributed by atoms with Crippen LogP contribution in [-0.2, 0) is 0 Å². The number of methoxy groups -OCH3 is 1. The summed E-state index contributed by atoms with van der Waals surface area (Å²) >= 11 is 4.90. The van der Waals surface area contributed by atoms with Crippen molar-refractivity contribution in [1.82, 2.24) is 4.98 Å². The molecular weight excluding hydrogens is 448 g/mol. The Bertz CT molecular complexity index is 1040. The fraction of sp³-hybridized carbons (Fsp3) is 0.217. The smallest absolute Gasteiger partial charge is 0.161 e. The minimum absolute atomic E-state index is 0.517. The zero-order valence-electron chi connectivity index (χ0n) is 16.3. The molecule has 0 unspecified atom stereocenters. The van der Waals surface area contributed by atoms with Gasteiger partial charge in [0.05, 0.1) is 25.0 Å². The molecule has 0 aliphatic heterocycles. The van der Waals surface area contributed by atoms with Crippen LogP contribution >= 0.6 is 27.3 Å². The Balaban J connectivity index is 1.87. The summed E-state index contributed by atoms with van der Waals surface area (Å²) in [6.45, 7) is 2.75. The van der Waals surface area contributed by atoms with E-state index < -0.39 is 0 Å². The third kappa shape index (κ3) is 5.47. The first-order valence-electron chi connectivity index (χ1n) is 9.29. The SMILES string of the molecule is CCCCOc1cc(/C=C(\C#N)c2nc(-c3ccc(Br)cc3)cs2)ccc1OC. The summed E-state index contributed by atoms with van der Waals surface area (Å²) in [5.74, 6) is 1.37. The second-order valence-corrected chi connectivity index (χ2v) is 8.10. The van der Waals surface area contributed by atoms with Gasteiger partial charge >= 0.3 is 0 Å². The molecule has 0 aliphatic rings. The summed E-state index contributed by atoms with van der Waals surface area (Å²) in [6, 6.07) is 15.9. The number of thiazole rings is 1. The molecule has 0 aliphatic carbocycles. The van der Waals surface area contributed by atoms with Crippen molar-refractivity contribution >= 4 is 38.9 Å². The number of benzene rings is 2. The van der Waals surface area contributed by atoms with Crippen LogP contribution in [0.4, 0.5) is 0 Å². The first-order valence-corrected chi connectivity index (χ1v) is 11.0. The Hall–Kier alpha value is -2.62. The van der Waals surface area contributed by atoms with Gasteiger partial charge < -0.3 is 9.47 Å². The molecule has 0 saturated heterocycles. The Morgan fingerprint density at radius 2 is 2.00 bits per heavy atom. The highest BCUT2D eigenvalue weighted by Crippen LogP contribution is 2.31. The van der Waals surface area contributed by atoms with E-state index in [1.54, 1.807) is 7.11 Å². The molecule has 6 heteroatoms. The molecule has 148 valence electrons. The van der Waals surface area contributed by atoms with Crippen molar-refractivity contribution in [1.29, 1.82) is 5.26 Å². The molecule has 1 heterocycles. The van der Waals surface area contributed by atoms with Crippen molar-refractivity contribution in [2.45, 2.75) is 19.8 Å². The van der Waals surface area contributed by atoms with Crippen molar-refractivity contribution < 1.29 is 9.47 Å². The highest BCUT2D eigenvalue weighted by atomic mass is 79.9. The molecule has 0 spiro atoms. The first kappa shape index (κ1) is 21.1. The average molecular weight is 469 g/mol. The largest absolute Gasteiger partial charge is 0.493 e. The molecule has 1 aromatic heterocycles. The Morgan fingerprint density at radius 3 is 2.69 bits per heavy atom. The van der Waals surface area contributed by atoms with Gasteiger partial charge in [0.1, 0.15) is 11.1 Å². The number of nitrogens with zero attached hydrogens (tertiary/aromatic N) is 2. The lowest BCUT2D eigenvalue weighted by molar-refractivity contribution is 0.288. The number of allylic oxidation sites excluding steroid dienone is 1. The van der Waals surface area contributed by atoms with Crippen molar-refractivity contribution in [3.05, 3.63) is 62.9 Å². The third-order valence-electron chi connectivity index (χ3n) is 4.25. The van der Waals surface area contributed by atoms with E-state index >= 15 is 0 Å². The van der Waals surface area contributed by atoms with Gasteiger partial charge in [-0.1, -0.05) is 47.5 Å². The predicted octanol–water partition coefficient (Wildman–Crippen LogP) is 6.82. The second kappa shape index (κ2) is 10.2. The van der Waals surface area contributed by atoms with Crippen LogP contribution in [0.3, 0.4) is 0 Å². The molecule has 0 bridgehead atoms. The highest BCUT2D eigenvalue weighted by Gasteiger charge is 2.11. The number of hydrogen-bond acceptors (Lipinski definition) is 5. The Labute approximate surface area is 183 Å². The molecule has 0 atom stereocenters. The molecule has 2 aromatic carbocycles. The van der Waals surface area contributed by atoms with Gasteiger partial charge in [0.25, 0.3) is 0 Å². The van der Waals surface area contributed by atoms with Gasteiger partial charge in [0.2, 0.25) is 0 Å². The summed E-state index contributed by atoms with van der Waals surface area (Å²) in [5, 5.41) is 12.3. The van der Waals surface area contributed by atoms with Crippen LogP contribution in [-0.4, -0.2) is 18.7 Å². The third-order valence-corrected chi connectivity index (χ3v) is 5.65. The van der Waals surface area contributed by atoms with E-state index in [2.05, 4.69) is 33.9 Å². The number of aromatic nitrogens is 1. The van der Waals surface area contributed by atoms with E-state index in [4.69, 9.17) is 9.47 Å². The van der Waals surface area contributed by atoms with E-state index in [1.165, 1.54) is 11.3 Å². The number of hydrogen-bond donors (Lipinski definition) is 0. The van der Waals surface area contributed by atoms with Crippen LogP contribution in [0.2, 0.25) is 0 Å². The van der Waals surface area contributed by atoms with Gasteiger partial charge in [-0.15, -0.1) is 11.3 Å². The Kier molecular flexibility index (Phi) is 7.45. The molecule has 0 saturated carbocycles. The lowest BCUT2D eigenvalue weighted by atomic mass is 10.1. The average Bonchev–Trinajstić information content (AvgIpc) is 3.23. The van der Waals surface area contributed by atoms with Crippen molar-refractivity contribution in [3.63, 3.8) is 0 Å².